The molecule has 1 aromatic carbocycles. The van der Waals surface area contributed by atoms with E-state index < -0.39 is 11.8 Å². The van der Waals surface area contributed by atoms with Crippen molar-refractivity contribution in [2.75, 3.05) is 45.2 Å². The summed E-state index contributed by atoms with van der Waals surface area (Å²) >= 11 is 0. The first-order valence-corrected chi connectivity index (χ1v) is 10.7. The molecule has 1 saturated heterocycles. The highest BCUT2D eigenvalue weighted by molar-refractivity contribution is 6.39. The van der Waals surface area contributed by atoms with Gasteiger partial charge in [0.05, 0.1) is 19.4 Å². The first-order valence-electron chi connectivity index (χ1n) is 10.7. The molecule has 2 N–H and O–H groups in total. The van der Waals surface area contributed by atoms with Gasteiger partial charge in [0.2, 0.25) is 0 Å². The maximum atomic E-state index is 12.3. The molecule has 0 bridgehead atoms. The Morgan fingerprint density at radius 1 is 1.17 bits per heavy atom. The van der Waals surface area contributed by atoms with E-state index in [2.05, 4.69) is 29.4 Å². The number of carbonyl (C=O) groups excluding carboxylic acids is 2. The summed E-state index contributed by atoms with van der Waals surface area (Å²) in [5.41, 5.74) is 0.433. The minimum Gasteiger partial charge on any atom is -0.497 e. The molecule has 162 valence electrons. The van der Waals surface area contributed by atoms with Gasteiger partial charge in [0, 0.05) is 12.6 Å². The number of methoxy groups -OCH3 is 1. The van der Waals surface area contributed by atoms with Gasteiger partial charge in [-0.15, -0.1) is 0 Å². The van der Waals surface area contributed by atoms with Crippen LogP contribution in [0.15, 0.2) is 18.2 Å². The van der Waals surface area contributed by atoms with E-state index in [1.165, 1.54) is 12.8 Å². The Labute approximate surface area is 174 Å². The van der Waals surface area contributed by atoms with Crippen molar-refractivity contribution < 1.29 is 19.1 Å². The average Bonchev–Trinajstić information content (AvgIpc) is 2.73. The number of rotatable bonds is 10. The van der Waals surface area contributed by atoms with Gasteiger partial charge < -0.3 is 25.0 Å². The average molecular weight is 406 g/mol. The van der Waals surface area contributed by atoms with Gasteiger partial charge in [-0.3, -0.25) is 9.59 Å². The summed E-state index contributed by atoms with van der Waals surface area (Å²) in [6, 6.07) is 5.16. The van der Waals surface area contributed by atoms with E-state index in [9.17, 15) is 9.59 Å². The summed E-state index contributed by atoms with van der Waals surface area (Å²) in [7, 11) is 1.55. The van der Waals surface area contributed by atoms with Gasteiger partial charge in [0.1, 0.15) is 11.5 Å². The van der Waals surface area contributed by atoms with Crippen LogP contribution in [0.3, 0.4) is 0 Å². The van der Waals surface area contributed by atoms with E-state index in [1.807, 2.05) is 0 Å². The van der Waals surface area contributed by atoms with Crippen LogP contribution in [0.2, 0.25) is 0 Å². The third-order valence-electron chi connectivity index (χ3n) is 5.21. The van der Waals surface area contributed by atoms with Gasteiger partial charge in [-0.1, -0.05) is 20.3 Å². The molecule has 0 spiro atoms. The molecule has 1 aromatic rings. The van der Waals surface area contributed by atoms with Crippen molar-refractivity contribution >= 4 is 17.5 Å². The quantitative estimate of drug-likeness (QED) is 0.462. The van der Waals surface area contributed by atoms with E-state index in [1.54, 1.807) is 25.3 Å². The van der Waals surface area contributed by atoms with Crippen LogP contribution in [-0.2, 0) is 9.59 Å². The number of unbranched alkanes of at least 4 members (excludes halogenated alkanes) is 1. The van der Waals surface area contributed by atoms with Crippen molar-refractivity contribution in [3.05, 3.63) is 18.2 Å². The van der Waals surface area contributed by atoms with Crippen molar-refractivity contribution in [1.82, 2.24) is 10.2 Å². The molecule has 0 radical (unpaired) electrons. The molecule has 29 heavy (non-hydrogen) atoms. The van der Waals surface area contributed by atoms with Crippen LogP contribution in [0.1, 0.15) is 46.0 Å². The second kappa shape index (κ2) is 12.3. The highest BCUT2D eigenvalue weighted by Gasteiger charge is 2.18. The number of hydrogen-bond acceptors (Lipinski definition) is 5. The Hall–Kier alpha value is -2.28. The third-order valence-corrected chi connectivity index (χ3v) is 5.21. The molecule has 2 amide bonds. The monoisotopic (exact) mass is 405 g/mol. The lowest BCUT2D eigenvalue weighted by molar-refractivity contribution is -0.136. The molecule has 0 aromatic heterocycles. The smallest absolute Gasteiger partial charge is 0.313 e. The number of ether oxygens (including phenoxy) is 2. The fourth-order valence-corrected chi connectivity index (χ4v) is 3.24. The second-order valence-corrected chi connectivity index (χ2v) is 7.65. The van der Waals surface area contributed by atoms with Crippen LogP contribution in [0.4, 0.5) is 5.69 Å². The van der Waals surface area contributed by atoms with Gasteiger partial charge in [0.15, 0.2) is 0 Å². The van der Waals surface area contributed by atoms with Crippen molar-refractivity contribution in [2.24, 2.45) is 5.92 Å². The number of likely N-dealkylation sites (tertiary alicyclic amines) is 1. The van der Waals surface area contributed by atoms with Crippen LogP contribution >= 0.6 is 0 Å². The number of benzene rings is 1. The molecule has 0 aliphatic carbocycles. The van der Waals surface area contributed by atoms with Gasteiger partial charge in [-0.05, 0) is 63.4 Å². The Kier molecular flexibility index (Phi) is 9.77. The van der Waals surface area contributed by atoms with E-state index >= 15 is 0 Å². The van der Waals surface area contributed by atoms with Gasteiger partial charge >= 0.3 is 11.8 Å². The Bertz CT molecular complexity index is 657. The van der Waals surface area contributed by atoms with E-state index in [0.29, 0.717) is 30.3 Å². The van der Waals surface area contributed by atoms with E-state index in [4.69, 9.17) is 9.47 Å². The van der Waals surface area contributed by atoms with Crippen LogP contribution in [0, 0.1) is 5.92 Å². The normalized spacial score (nSPS) is 15.0. The van der Waals surface area contributed by atoms with Crippen LogP contribution < -0.4 is 20.1 Å². The van der Waals surface area contributed by atoms with Crippen molar-refractivity contribution in [3.63, 3.8) is 0 Å². The fraction of sp³-hybridized carbons (Fsp3) is 0.636. The summed E-state index contributed by atoms with van der Waals surface area (Å²) in [5.74, 6) is 0.575. The SMILES string of the molecule is CCCCOc1ccc(OC)cc1NC(=O)C(=O)NCCCN1CCC(C)CC1. The van der Waals surface area contributed by atoms with E-state index in [-0.39, 0.29) is 0 Å². The maximum Gasteiger partial charge on any atom is 0.313 e. The zero-order valence-electron chi connectivity index (χ0n) is 18.0. The highest BCUT2D eigenvalue weighted by atomic mass is 16.5. The summed E-state index contributed by atoms with van der Waals surface area (Å²) in [6.45, 7) is 8.58. The summed E-state index contributed by atoms with van der Waals surface area (Å²) in [5, 5.41) is 5.34. The molecule has 7 nitrogen and oxygen atoms in total. The number of anilines is 1. The molecule has 1 heterocycles. The summed E-state index contributed by atoms with van der Waals surface area (Å²) < 4.78 is 10.9. The molecule has 1 aliphatic heterocycles. The largest absolute Gasteiger partial charge is 0.497 e. The summed E-state index contributed by atoms with van der Waals surface area (Å²) in [6.07, 6.45) is 5.22. The van der Waals surface area contributed by atoms with Crippen molar-refractivity contribution in [1.29, 1.82) is 0 Å². The number of nitrogens with zero attached hydrogens (tertiary/aromatic N) is 1. The Balaban J connectivity index is 1.79. The molecular formula is C22H35N3O4. The molecule has 2 rings (SSSR count). The lowest BCUT2D eigenvalue weighted by atomic mass is 9.99. The molecule has 0 unspecified atom stereocenters. The van der Waals surface area contributed by atoms with Crippen molar-refractivity contribution in [3.8, 4) is 11.5 Å². The number of hydrogen-bond donors (Lipinski definition) is 2. The highest BCUT2D eigenvalue weighted by Crippen LogP contribution is 2.29. The van der Waals surface area contributed by atoms with E-state index in [0.717, 1.165) is 44.8 Å². The number of nitrogens with one attached hydrogen (secondary N) is 2. The Morgan fingerprint density at radius 2 is 1.93 bits per heavy atom. The Morgan fingerprint density at radius 3 is 2.62 bits per heavy atom. The molecule has 1 fully saturated rings. The number of piperidine rings is 1. The first-order chi connectivity index (χ1) is 14.0. The molecule has 0 saturated carbocycles. The minimum atomic E-state index is -0.703. The molecule has 0 atom stereocenters. The molecular weight excluding hydrogens is 370 g/mol. The zero-order chi connectivity index (χ0) is 21.1. The topological polar surface area (TPSA) is 79.9 Å². The lowest BCUT2D eigenvalue weighted by Gasteiger charge is -2.30. The molecule has 1 aliphatic rings. The number of amides is 2. The van der Waals surface area contributed by atoms with Gasteiger partial charge in [0.25, 0.3) is 0 Å². The second-order valence-electron chi connectivity index (χ2n) is 7.65. The third kappa shape index (κ3) is 7.93. The van der Waals surface area contributed by atoms with Crippen LogP contribution in [0.5, 0.6) is 11.5 Å². The van der Waals surface area contributed by atoms with Crippen LogP contribution in [-0.4, -0.2) is 56.6 Å². The number of carbonyl (C=O) groups is 2. The predicted octanol–water partition coefficient (Wildman–Crippen LogP) is 3.05. The standard InChI is InChI=1S/C22H35N3O4/c1-4-5-15-29-20-8-7-18(28-3)16-19(20)24-22(27)21(26)23-11-6-12-25-13-9-17(2)10-14-25/h7-8,16-17H,4-6,9-15H2,1-3H3,(H,23,26)(H,24,27). The van der Waals surface area contributed by atoms with Gasteiger partial charge in [-0.25, -0.2) is 0 Å². The predicted molar refractivity (Wildman–Crippen MR) is 114 cm³/mol. The summed E-state index contributed by atoms with van der Waals surface area (Å²) in [4.78, 5) is 26.9. The maximum absolute atomic E-state index is 12.3. The minimum absolute atomic E-state index is 0.433. The lowest BCUT2D eigenvalue weighted by Crippen LogP contribution is -2.38. The first kappa shape index (κ1) is 23.0. The van der Waals surface area contributed by atoms with Crippen molar-refractivity contribution in [2.45, 2.75) is 46.0 Å². The zero-order valence-corrected chi connectivity index (χ0v) is 18.0. The van der Waals surface area contributed by atoms with Crippen LogP contribution in [0.25, 0.3) is 0 Å². The fourth-order valence-electron chi connectivity index (χ4n) is 3.24. The molecule has 7 heteroatoms. The van der Waals surface area contributed by atoms with Gasteiger partial charge in [-0.2, -0.15) is 0 Å².